The third-order valence-corrected chi connectivity index (χ3v) is 2.49. The van der Waals surface area contributed by atoms with E-state index in [0.29, 0.717) is 6.04 Å². The molecule has 2 rings (SSSR count). The van der Waals surface area contributed by atoms with Gasteiger partial charge in [0.25, 0.3) is 0 Å². The topological polar surface area (TPSA) is 12.0 Å². The minimum atomic E-state index is -0.179. The Bertz CT molecular complexity index is 315. The van der Waals surface area contributed by atoms with E-state index in [4.69, 9.17) is 0 Å². The SMILES string of the molecule is Cl.Fc1ccc(C=CC2CCCN2)cc1. The van der Waals surface area contributed by atoms with E-state index in [1.54, 1.807) is 12.1 Å². The van der Waals surface area contributed by atoms with E-state index in [0.717, 1.165) is 12.1 Å². The van der Waals surface area contributed by atoms with Crippen LogP contribution in [0, 0.1) is 5.82 Å². The molecular weight excluding hydrogens is 213 g/mol. The van der Waals surface area contributed by atoms with Gasteiger partial charge in [0.2, 0.25) is 0 Å². The lowest BCUT2D eigenvalue weighted by Crippen LogP contribution is -2.17. The van der Waals surface area contributed by atoms with Crippen molar-refractivity contribution in [1.29, 1.82) is 0 Å². The van der Waals surface area contributed by atoms with Crippen molar-refractivity contribution in [2.24, 2.45) is 0 Å². The van der Waals surface area contributed by atoms with Crippen LogP contribution in [0.3, 0.4) is 0 Å². The van der Waals surface area contributed by atoms with Gasteiger partial charge in [0.05, 0.1) is 0 Å². The highest BCUT2D eigenvalue weighted by atomic mass is 35.5. The van der Waals surface area contributed by atoms with Crippen molar-refractivity contribution in [3.05, 3.63) is 41.7 Å². The summed E-state index contributed by atoms with van der Waals surface area (Å²) in [4.78, 5) is 0. The molecule has 0 saturated carbocycles. The van der Waals surface area contributed by atoms with Gasteiger partial charge in [-0.2, -0.15) is 0 Å². The van der Waals surface area contributed by atoms with E-state index in [1.807, 2.05) is 6.08 Å². The molecule has 0 amide bonds. The Morgan fingerprint density at radius 3 is 2.60 bits per heavy atom. The summed E-state index contributed by atoms with van der Waals surface area (Å²) in [6.07, 6.45) is 6.65. The molecule has 0 aliphatic carbocycles. The van der Waals surface area contributed by atoms with E-state index in [-0.39, 0.29) is 18.2 Å². The van der Waals surface area contributed by atoms with Crippen LogP contribution in [-0.2, 0) is 0 Å². The average Bonchev–Trinajstić information content (AvgIpc) is 2.70. The highest BCUT2D eigenvalue weighted by Gasteiger charge is 2.09. The molecule has 1 N–H and O–H groups in total. The normalized spacial score (nSPS) is 20.5. The van der Waals surface area contributed by atoms with Gasteiger partial charge in [0.1, 0.15) is 5.82 Å². The van der Waals surface area contributed by atoms with Gasteiger partial charge in [-0.05, 0) is 37.1 Å². The highest BCUT2D eigenvalue weighted by molar-refractivity contribution is 5.85. The fourth-order valence-electron chi connectivity index (χ4n) is 1.68. The largest absolute Gasteiger partial charge is 0.311 e. The summed E-state index contributed by atoms with van der Waals surface area (Å²) in [6, 6.07) is 7.06. The first-order valence-corrected chi connectivity index (χ1v) is 5.02. The molecule has 1 nitrogen and oxygen atoms in total. The molecule has 1 fully saturated rings. The molecular formula is C12H15ClFN. The van der Waals surface area contributed by atoms with Gasteiger partial charge in [-0.15, -0.1) is 12.4 Å². The van der Waals surface area contributed by atoms with Crippen LogP contribution in [-0.4, -0.2) is 12.6 Å². The molecule has 15 heavy (non-hydrogen) atoms. The predicted octanol–water partition coefficient (Wildman–Crippen LogP) is 3.01. The van der Waals surface area contributed by atoms with Crippen LogP contribution >= 0.6 is 12.4 Å². The van der Waals surface area contributed by atoms with E-state index < -0.39 is 0 Å². The van der Waals surface area contributed by atoms with Gasteiger partial charge >= 0.3 is 0 Å². The fourth-order valence-corrected chi connectivity index (χ4v) is 1.68. The van der Waals surface area contributed by atoms with Gasteiger partial charge in [-0.25, -0.2) is 4.39 Å². The first-order chi connectivity index (χ1) is 6.84. The molecule has 1 aromatic rings. The monoisotopic (exact) mass is 227 g/mol. The van der Waals surface area contributed by atoms with Crippen molar-refractivity contribution >= 4 is 18.5 Å². The van der Waals surface area contributed by atoms with Gasteiger partial charge in [-0.3, -0.25) is 0 Å². The quantitative estimate of drug-likeness (QED) is 0.819. The van der Waals surface area contributed by atoms with Gasteiger partial charge in [-0.1, -0.05) is 24.3 Å². The zero-order valence-electron chi connectivity index (χ0n) is 8.45. The fraction of sp³-hybridized carbons (Fsp3) is 0.333. The Hall–Kier alpha value is -0.860. The van der Waals surface area contributed by atoms with E-state index in [1.165, 1.54) is 25.0 Å². The van der Waals surface area contributed by atoms with Crippen LogP contribution < -0.4 is 5.32 Å². The van der Waals surface area contributed by atoms with Crippen LogP contribution in [0.1, 0.15) is 18.4 Å². The Morgan fingerprint density at radius 2 is 2.00 bits per heavy atom. The number of halogens is 2. The first-order valence-electron chi connectivity index (χ1n) is 5.02. The molecule has 0 bridgehead atoms. The van der Waals surface area contributed by atoms with Crippen molar-refractivity contribution in [3.8, 4) is 0 Å². The predicted molar refractivity (Wildman–Crippen MR) is 63.7 cm³/mol. The maximum absolute atomic E-state index is 12.6. The highest BCUT2D eigenvalue weighted by Crippen LogP contribution is 2.09. The zero-order valence-corrected chi connectivity index (χ0v) is 9.27. The summed E-state index contributed by atoms with van der Waals surface area (Å²) in [7, 11) is 0. The summed E-state index contributed by atoms with van der Waals surface area (Å²) < 4.78 is 12.6. The second-order valence-electron chi connectivity index (χ2n) is 3.61. The number of nitrogens with one attached hydrogen (secondary N) is 1. The van der Waals surface area contributed by atoms with Crippen molar-refractivity contribution in [2.75, 3.05) is 6.54 Å². The third-order valence-electron chi connectivity index (χ3n) is 2.49. The molecule has 0 spiro atoms. The summed E-state index contributed by atoms with van der Waals surface area (Å²) >= 11 is 0. The van der Waals surface area contributed by atoms with Crippen LogP contribution in [0.4, 0.5) is 4.39 Å². The van der Waals surface area contributed by atoms with Crippen molar-refractivity contribution in [3.63, 3.8) is 0 Å². The Balaban J connectivity index is 0.00000112. The lowest BCUT2D eigenvalue weighted by Gasteiger charge is -2.01. The molecule has 0 radical (unpaired) electrons. The number of rotatable bonds is 2. The van der Waals surface area contributed by atoms with Crippen LogP contribution in [0.2, 0.25) is 0 Å². The summed E-state index contributed by atoms with van der Waals surface area (Å²) in [5, 5.41) is 3.38. The van der Waals surface area contributed by atoms with Crippen LogP contribution in [0.15, 0.2) is 30.3 Å². The van der Waals surface area contributed by atoms with Gasteiger partial charge in [0.15, 0.2) is 0 Å². The van der Waals surface area contributed by atoms with Gasteiger partial charge < -0.3 is 5.32 Å². The molecule has 1 aromatic carbocycles. The Labute approximate surface area is 95.8 Å². The molecule has 0 aromatic heterocycles. The minimum Gasteiger partial charge on any atom is -0.311 e. The number of hydrogen-bond donors (Lipinski definition) is 1. The maximum Gasteiger partial charge on any atom is 0.123 e. The maximum atomic E-state index is 12.6. The summed E-state index contributed by atoms with van der Waals surface area (Å²) in [5.41, 5.74) is 1.06. The number of hydrogen-bond acceptors (Lipinski definition) is 1. The van der Waals surface area contributed by atoms with Crippen molar-refractivity contribution in [2.45, 2.75) is 18.9 Å². The summed E-state index contributed by atoms with van der Waals surface area (Å²) in [6.45, 7) is 1.11. The molecule has 1 unspecified atom stereocenters. The molecule has 1 atom stereocenters. The smallest absolute Gasteiger partial charge is 0.123 e. The van der Waals surface area contributed by atoms with Gasteiger partial charge in [0, 0.05) is 6.04 Å². The molecule has 3 heteroatoms. The average molecular weight is 228 g/mol. The standard InChI is InChI=1S/C12H14FN.ClH/c13-11-6-3-10(4-7-11)5-8-12-2-1-9-14-12;/h3-8,12,14H,1-2,9H2;1H. The lowest BCUT2D eigenvalue weighted by atomic mass is 10.1. The third kappa shape index (κ3) is 3.65. The van der Waals surface area contributed by atoms with E-state index in [9.17, 15) is 4.39 Å². The molecule has 1 saturated heterocycles. The Kier molecular flexibility index (Phi) is 4.79. The summed E-state index contributed by atoms with van der Waals surface area (Å²) in [5.74, 6) is -0.179. The molecule has 1 aliphatic rings. The molecule has 1 heterocycles. The zero-order chi connectivity index (χ0) is 9.80. The number of benzene rings is 1. The van der Waals surface area contributed by atoms with Crippen molar-refractivity contribution < 1.29 is 4.39 Å². The lowest BCUT2D eigenvalue weighted by molar-refractivity contribution is 0.628. The Morgan fingerprint density at radius 1 is 1.27 bits per heavy atom. The first kappa shape index (κ1) is 12.2. The van der Waals surface area contributed by atoms with Crippen LogP contribution in [0.5, 0.6) is 0 Å². The second-order valence-corrected chi connectivity index (χ2v) is 3.61. The van der Waals surface area contributed by atoms with E-state index >= 15 is 0 Å². The molecule has 82 valence electrons. The minimum absolute atomic E-state index is 0. The second kappa shape index (κ2) is 5.89. The van der Waals surface area contributed by atoms with Crippen LogP contribution in [0.25, 0.3) is 6.08 Å². The molecule has 1 aliphatic heterocycles. The van der Waals surface area contributed by atoms with Crippen molar-refractivity contribution in [1.82, 2.24) is 5.32 Å². The van der Waals surface area contributed by atoms with E-state index in [2.05, 4.69) is 11.4 Å².